The van der Waals surface area contributed by atoms with Crippen LogP contribution in [-0.4, -0.2) is 29.4 Å². The van der Waals surface area contributed by atoms with Gasteiger partial charge in [-0.05, 0) is 24.3 Å². The summed E-state index contributed by atoms with van der Waals surface area (Å²) in [5.74, 6) is 0. The number of halogens is 1. The summed E-state index contributed by atoms with van der Waals surface area (Å²) in [5, 5.41) is 4.90. The van der Waals surface area contributed by atoms with Crippen LogP contribution in [0.3, 0.4) is 0 Å². The summed E-state index contributed by atoms with van der Waals surface area (Å²) in [5.41, 5.74) is 2.41. The number of rotatable bonds is 6. The lowest BCUT2D eigenvalue weighted by Gasteiger charge is -2.15. The molecule has 0 fully saturated rings. The second kappa shape index (κ2) is 6.07. The molecule has 2 aromatic heterocycles. The van der Waals surface area contributed by atoms with Gasteiger partial charge in [0.1, 0.15) is 23.1 Å². The van der Waals surface area contributed by atoms with E-state index in [2.05, 4.69) is 36.3 Å². The minimum atomic E-state index is -1.06. The van der Waals surface area contributed by atoms with Gasteiger partial charge in [0.15, 0.2) is 0 Å². The number of pyridine rings is 1. The van der Waals surface area contributed by atoms with Gasteiger partial charge in [0.2, 0.25) is 0 Å². The maximum Gasteiger partial charge on any atom is 0.140 e. The van der Waals surface area contributed by atoms with Gasteiger partial charge >= 0.3 is 0 Å². The molecule has 0 aliphatic heterocycles. The number of hydrogen-bond acceptors (Lipinski definition) is 3. The van der Waals surface area contributed by atoms with Crippen LogP contribution in [0.5, 0.6) is 0 Å². The SMILES string of the molecule is C=Cc1nn(COCC[Si](C)(C)C)c2ccc(Cl)nc12. The van der Waals surface area contributed by atoms with E-state index in [1.165, 1.54) is 0 Å². The first-order chi connectivity index (χ1) is 9.40. The molecule has 0 radical (unpaired) electrons. The van der Waals surface area contributed by atoms with Crippen LogP contribution in [0.1, 0.15) is 5.69 Å². The van der Waals surface area contributed by atoms with Gasteiger partial charge in [-0.15, -0.1) is 0 Å². The summed E-state index contributed by atoms with van der Waals surface area (Å²) in [6.07, 6.45) is 1.68. The average Bonchev–Trinajstić information content (AvgIpc) is 2.71. The van der Waals surface area contributed by atoms with Gasteiger partial charge in [0, 0.05) is 14.7 Å². The summed E-state index contributed by atoms with van der Waals surface area (Å²) in [6.45, 7) is 12.0. The topological polar surface area (TPSA) is 39.9 Å². The van der Waals surface area contributed by atoms with E-state index < -0.39 is 8.07 Å². The molecule has 0 saturated carbocycles. The second-order valence-corrected chi connectivity index (χ2v) is 11.9. The normalized spacial score (nSPS) is 12.0. The molecule has 4 nitrogen and oxygen atoms in total. The lowest BCUT2D eigenvalue weighted by molar-refractivity contribution is 0.0816. The molecule has 0 aromatic carbocycles. The molecule has 0 unspecified atom stereocenters. The molecule has 0 amide bonds. The Labute approximate surface area is 125 Å². The fourth-order valence-electron chi connectivity index (χ4n) is 1.82. The molecule has 6 heteroatoms. The Morgan fingerprint density at radius 2 is 2.15 bits per heavy atom. The highest BCUT2D eigenvalue weighted by Gasteiger charge is 2.13. The first-order valence-electron chi connectivity index (χ1n) is 6.64. The summed E-state index contributed by atoms with van der Waals surface area (Å²) in [6, 6.07) is 4.81. The Morgan fingerprint density at radius 3 is 2.80 bits per heavy atom. The zero-order valence-corrected chi connectivity index (χ0v) is 13.9. The van der Waals surface area contributed by atoms with Crippen LogP contribution < -0.4 is 0 Å². The van der Waals surface area contributed by atoms with Gasteiger partial charge in [-0.3, -0.25) is 0 Å². The molecule has 0 spiro atoms. The van der Waals surface area contributed by atoms with Crippen LogP contribution >= 0.6 is 11.6 Å². The zero-order chi connectivity index (χ0) is 14.8. The smallest absolute Gasteiger partial charge is 0.140 e. The molecular weight excluding hydrogens is 290 g/mol. The van der Waals surface area contributed by atoms with Crippen molar-refractivity contribution in [2.45, 2.75) is 32.4 Å². The maximum atomic E-state index is 5.92. The van der Waals surface area contributed by atoms with E-state index in [4.69, 9.17) is 16.3 Å². The zero-order valence-electron chi connectivity index (χ0n) is 12.2. The summed E-state index contributed by atoms with van der Waals surface area (Å²) < 4.78 is 7.54. The van der Waals surface area contributed by atoms with Gasteiger partial charge in [-0.25, -0.2) is 9.67 Å². The van der Waals surface area contributed by atoms with Crippen LogP contribution in [0.4, 0.5) is 0 Å². The monoisotopic (exact) mass is 309 g/mol. The number of fused-ring (bicyclic) bond motifs is 1. The van der Waals surface area contributed by atoms with Crippen molar-refractivity contribution >= 4 is 36.8 Å². The third-order valence-electron chi connectivity index (χ3n) is 2.99. The van der Waals surface area contributed by atoms with Gasteiger partial charge < -0.3 is 4.74 Å². The van der Waals surface area contributed by atoms with Gasteiger partial charge in [0.25, 0.3) is 0 Å². The highest BCUT2D eigenvalue weighted by atomic mass is 35.5. The largest absolute Gasteiger partial charge is 0.360 e. The Balaban J connectivity index is 2.12. The first kappa shape index (κ1) is 15.2. The van der Waals surface area contributed by atoms with Gasteiger partial charge in [0.05, 0.1) is 5.52 Å². The number of hydrogen-bond donors (Lipinski definition) is 0. The molecule has 2 heterocycles. The van der Waals surface area contributed by atoms with Gasteiger partial charge in [-0.2, -0.15) is 5.10 Å². The Kier molecular flexibility index (Phi) is 4.62. The maximum absolute atomic E-state index is 5.92. The molecule has 2 aromatic rings. The van der Waals surface area contributed by atoms with Crippen LogP contribution in [0.25, 0.3) is 17.1 Å². The quantitative estimate of drug-likeness (QED) is 0.459. The van der Waals surface area contributed by atoms with Crippen molar-refractivity contribution in [1.29, 1.82) is 0 Å². The molecule has 0 N–H and O–H groups in total. The van der Waals surface area contributed by atoms with Crippen LogP contribution in [0, 0.1) is 0 Å². The molecule has 0 saturated heterocycles. The van der Waals surface area contributed by atoms with Crippen molar-refractivity contribution in [3.63, 3.8) is 0 Å². The fraction of sp³-hybridized carbons (Fsp3) is 0.429. The predicted molar refractivity (Wildman–Crippen MR) is 86.7 cm³/mol. The van der Waals surface area contributed by atoms with Crippen molar-refractivity contribution in [2.75, 3.05) is 6.61 Å². The molecule has 2 rings (SSSR count). The molecule has 0 aliphatic rings. The number of aromatic nitrogens is 3. The van der Waals surface area contributed by atoms with E-state index in [0.717, 1.165) is 29.4 Å². The minimum Gasteiger partial charge on any atom is -0.360 e. The standard InChI is InChI=1S/C14H20ClN3OSi/c1-5-11-14-12(6-7-13(15)16-14)18(17-11)10-19-8-9-20(2,3)4/h5-7H,1,8-10H2,2-4H3. The van der Waals surface area contributed by atoms with Crippen molar-refractivity contribution in [2.24, 2.45) is 0 Å². The average molecular weight is 310 g/mol. The predicted octanol–water partition coefficient (Wildman–Crippen LogP) is 4.04. The lowest BCUT2D eigenvalue weighted by Crippen LogP contribution is -2.22. The van der Waals surface area contributed by atoms with E-state index in [1.54, 1.807) is 16.8 Å². The van der Waals surface area contributed by atoms with Crippen molar-refractivity contribution in [1.82, 2.24) is 14.8 Å². The molecular formula is C14H20ClN3OSi. The first-order valence-corrected chi connectivity index (χ1v) is 10.7. The van der Waals surface area contributed by atoms with Crippen molar-refractivity contribution in [3.8, 4) is 0 Å². The van der Waals surface area contributed by atoms with E-state index in [0.29, 0.717) is 11.9 Å². The van der Waals surface area contributed by atoms with E-state index in [-0.39, 0.29) is 0 Å². The second-order valence-electron chi connectivity index (χ2n) is 5.94. The van der Waals surface area contributed by atoms with E-state index in [9.17, 15) is 0 Å². The Bertz CT molecular complexity index is 619. The van der Waals surface area contributed by atoms with Crippen molar-refractivity contribution < 1.29 is 4.74 Å². The highest BCUT2D eigenvalue weighted by molar-refractivity contribution is 6.76. The van der Waals surface area contributed by atoms with Crippen LogP contribution in [0.15, 0.2) is 18.7 Å². The number of nitrogens with zero attached hydrogens (tertiary/aromatic N) is 3. The third kappa shape index (κ3) is 3.68. The molecule has 0 aliphatic carbocycles. The molecule has 108 valence electrons. The highest BCUT2D eigenvalue weighted by Crippen LogP contribution is 2.20. The van der Waals surface area contributed by atoms with E-state index in [1.807, 2.05) is 6.07 Å². The van der Waals surface area contributed by atoms with Crippen LogP contribution in [-0.2, 0) is 11.5 Å². The third-order valence-corrected chi connectivity index (χ3v) is 4.91. The lowest BCUT2D eigenvalue weighted by atomic mass is 10.3. The van der Waals surface area contributed by atoms with Crippen LogP contribution in [0.2, 0.25) is 30.8 Å². The Morgan fingerprint density at radius 1 is 1.40 bits per heavy atom. The number of ether oxygens (including phenoxy) is 1. The summed E-state index contributed by atoms with van der Waals surface area (Å²) in [4.78, 5) is 4.30. The summed E-state index contributed by atoms with van der Waals surface area (Å²) >= 11 is 5.92. The molecule has 20 heavy (non-hydrogen) atoms. The minimum absolute atomic E-state index is 0.429. The fourth-order valence-corrected chi connectivity index (χ4v) is 2.73. The van der Waals surface area contributed by atoms with Gasteiger partial charge in [-0.1, -0.05) is 37.8 Å². The van der Waals surface area contributed by atoms with Crippen molar-refractivity contribution in [3.05, 3.63) is 29.6 Å². The molecule has 0 atom stereocenters. The summed E-state index contributed by atoms with van der Waals surface area (Å²) in [7, 11) is -1.06. The Hall–Kier alpha value is -1.17. The van der Waals surface area contributed by atoms with E-state index >= 15 is 0 Å². The molecule has 0 bridgehead atoms.